The number of piperidine rings is 1. The lowest BCUT2D eigenvalue weighted by Gasteiger charge is -2.37. The first-order chi connectivity index (χ1) is 11.3. The molecule has 1 N–H and O–H groups in total. The van der Waals surface area contributed by atoms with Gasteiger partial charge in [-0.25, -0.2) is 5.10 Å². The first-order valence-electron chi connectivity index (χ1n) is 8.56. The van der Waals surface area contributed by atoms with Gasteiger partial charge in [-0.05, 0) is 30.7 Å². The second-order valence-electron chi connectivity index (χ2n) is 7.11. The maximum Gasteiger partial charge on any atom is 0.272 e. The molecule has 0 radical (unpaired) electrons. The number of carbonyl (C=O) groups is 1. The van der Waals surface area contributed by atoms with Gasteiger partial charge in [0.2, 0.25) is 5.91 Å². The van der Waals surface area contributed by atoms with Gasteiger partial charge in [0.05, 0.1) is 11.1 Å². The van der Waals surface area contributed by atoms with Crippen molar-refractivity contribution in [2.75, 3.05) is 13.1 Å². The van der Waals surface area contributed by atoms with Crippen LogP contribution >= 0.6 is 0 Å². The number of likely N-dealkylation sites (tertiary alicyclic amines) is 1. The molecule has 138 valence electrons. The van der Waals surface area contributed by atoms with E-state index in [2.05, 4.69) is 24.0 Å². The molecule has 2 aromatic rings. The van der Waals surface area contributed by atoms with E-state index in [0.29, 0.717) is 10.8 Å². The standard InChI is InChI=1S/C10H10N2O.C9H17NO.CH4/c1-2-9-7-5-3-4-6-8(7)10(13)12-11-9;1-8(11)10-6-4-5-9(2,3)7-10;/h3-6H,2H2,1H3,(H,12,13);4-7H2,1-3H3;1H4. The number of carbonyl (C=O) groups excluding carboxylic acids is 1. The highest BCUT2D eigenvalue weighted by atomic mass is 16.2. The van der Waals surface area contributed by atoms with Crippen LogP contribution in [0.1, 0.15) is 53.7 Å². The Morgan fingerprint density at radius 1 is 1.28 bits per heavy atom. The summed E-state index contributed by atoms with van der Waals surface area (Å²) >= 11 is 0. The van der Waals surface area contributed by atoms with Crippen LogP contribution in [0.3, 0.4) is 0 Å². The van der Waals surface area contributed by atoms with Crippen molar-refractivity contribution < 1.29 is 4.79 Å². The van der Waals surface area contributed by atoms with E-state index in [9.17, 15) is 9.59 Å². The van der Waals surface area contributed by atoms with Crippen molar-refractivity contribution in [3.8, 4) is 0 Å². The highest BCUT2D eigenvalue weighted by Crippen LogP contribution is 2.28. The third-order valence-corrected chi connectivity index (χ3v) is 4.46. The third kappa shape index (κ3) is 5.41. The maximum absolute atomic E-state index is 11.3. The Bertz CT molecular complexity index is 765. The zero-order valence-electron chi connectivity index (χ0n) is 15.1. The van der Waals surface area contributed by atoms with Gasteiger partial charge in [0, 0.05) is 25.4 Å². The third-order valence-electron chi connectivity index (χ3n) is 4.46. The quantitative estimate of drug-likeness (QED) is 0.855. The van der Waals surface area contributed by atoms with Crippen molar-refractivity contribution in [2.24, 2.45) is 5.41 Å². The van der Waals surface area contributed by atoms with E-state index in [4.69, 9.17) is 0 Å². The van der Waals surface area contributed by atoms with E-state index < -0.39 is 0 Å². The van der Waals surface area contributed by atoms with Crippen LogP contribution in [0.15, 0.2) is 29.1 Å². The molecule has 1 saturated heterocycles. The molecule has 1 aliphatic heterocycles. The van der Waals surface area contributed by atoms with Crippen LogP contribution in [-0.4, -0.2) is 34.1 Å². The fraction of sp³-hybridized carbons (Fsp3) is 0.550. The molecular formula is C20H31N3O2. The SMILES string of the molecule is C.CC(=O)N1CCCC(C)(C)C1.CCc1n[nH]c(=O)c2ccccc12. The molecule has 25 heavy (non-hydrogen) atoms. The lowest BCUT2D eigenvalue weighted by molar-refractivity contribution is -0.131. The topological polar surface area (TPSA) is 66.1 Å². The second kappa shape index (κ2) is 8.79. The minimum atomic E-state index is -0.118. The highest BCUT2D eigenvalue weighted by molar-refractivity contribution is 5.83. The number of nitrogens with one attached hydrogen (secondary N) is 1. The Morgan fingerprint density at radius 3 is 2.44 bits per heavy atom. The molecule has 1 aromatic heterocycles. The maximum atomic E-state index is 11.3. The fourth-order valence-electron chi connectivity index (χ4n) is 3.13. The molecule has 0 bridgehead atoms. The predicted octanol–water partition coefficient (Wildman–Crippen LogP) is 3.78. The molecule has 5 nitrogen and oxygen atoms in total. The van der Waals surface area contributed by atoms with Gasteiger partial charge in [-0.15, -0.1) is 0 Å². The average molecular weight is 345 g/mol. The van der Waals surface area contributed by atoms with Crippen LogP contribution in [0.4, 0.5) is 0 Å². The second-order valence-corrected chi connectivity index (χ2v) is 7.11. The summed E-state index contributed by atoms with van der Waals surface area (Å²) in [6.45, 7) is 10.0. The Hall–Kier alpha value is -2.17. The summed E-state index contributed by atoms with van der Waals surface area (Å²) in [5.41, 5.74) is 1.16. The summed E-state index contributed by atoms with van der Waals surface area (Å²) in [6, 6.07) is 7.52. The van der Waals surface area contributed by atoms with Gasteiger partial charge >= 0.3 is 0 Å². The number of amides is 1. The Balaban J connectivity index is 0.000000244. The van der Waals surface area contributed by atoms with Crippen LogP contribution in [0.25, 0.3) is 10.8 Å². The van der Waals surface area contributed by atoms with Crippen molar-refractivity contribution in [3.05, 3.63) is 40.3 Å². The molecule has 5 heteroatoms. The predicted molar refractivity (Wildman–Crippen MR) is 104 cm³/mol. The van der Waals surface area contributed by atoms with Gasteiger partial charge in [0.25, 0.3) is 5.56 Å². The van der Waals surface area contributed by atoms with E-state index >= 15 is 0 Å². The summed E-state index contributed by atoms with van der Waals surface area (Å²) in [6.07, 6.45) is 3.24. The molecule has 0 unspecified atom stereocenters. The number of H-pyrrole nitrogens is 1. The molecule has 2 heterocycles. The van der Waals surface area contributed by atoms with Crippen LogP contribution in [0, 0.1) is 5.41 Å². The Morgan fingerprint density at radius 2 is 1.92 bits per heavy atom. The summed E-state index contributed by atoms with van der Waals surface area (Å²) in [5, 5.41) is 8.15. The Kier molecular flexibility index (Phi) is 7.34. The van der Waals surface area contributed by atoms with E-state index in [1.54, 1.807) is 6.92 Å². The van der Waals surface area contributed by atoms with Crippen molar-refractivity contribution in [2.45, 2.75) is 54.4 Å². The zero-order chi connectivity index (χ0) is 17.7. The molecule has 0 spiro atoms. The Labute approximate surface area is 150 Å². The number of benzene rings is 1. The van der Waals surface area contributed by atoms with Crippen molar-refractivity contribution in [1.29, 1.82) is 0 Å². The monoisotopic (exact) mass is 345 g/mol. The minimum absolute atomic E-state index is 0. The molecule has 1 amide bonds. The first-order valence-corrected chi connectivity index (χ1v) is 8.56. The van der Waals surface area contributed by atoms with Gasteiger partial charge in [-0.3, -0.25) is 9.59 Å². The fourth-order valence-corrected chi connectivity index (χ4v) is 3.13. The number of hydrogen-bond donors (Lipinski definition) is 1. The molecule has 0 aliphatic carbocycles. The molecule has 1 fully saturated rings. The molecule has 1 aliphatic rings. The van der Waals surface area contributed by atoms with Gasteiger partial charge in [-0.1, -0.05) is 46.4 Å². The van der Waals surface area contributed by atoms with Gasteiger partial charge < -0.3 is 4.90 Å². The first kappa shape index (κ1) is 20.9. The lowest BCUT2D eigenvalue weighted by Crippen LogP contribution is -2.42. The van der Waals surface area contributed by atoms with Crippen LogP contribution in [0.5, 0.6) is 0 Å². The normalized spacial score (nSPS) is 15.8. The molecule has 0 atom stereocenters. The summed E-state index contributed by atoms with van der Waals surface area (Å²) < 4.78 is 0. The summed E-state index contributed by atoms with van der Waals surface area (Å²) in [4.78, 5) is 24.3. The largest absolute Gasteiger partial charge is 0.342 e. The number of aromatic amines is 1. The average Bonchev–Trinajstić information content (AvgIpc) is 2.55. The van der Waals surface area contributed by atoms with Crippen molar-refractivity contribution in [3.63, 3.8) is 0 Å². The minimum Gasteiger partial charge on any atom is -0.342 e. The summed E-state index contributed by atoms with van der Waals surface area (Å²) in [7, 11) is 0. The van der Waals surface area contributed by atoms with Gasteiger partial charge in [-0.2, -0.15) is 5.10 Å². The number of rotatable bonds is 1. The van der Waals surface area contributed by atoms with E-state index in [-0.39, 0.29) is 18.9 Å². The number of fused-ring (bicyclic) bond motifs is 1. The number of aromatic nitrogens is 2. The smallest absolute Gasteiger partial charge is 0.272 e. The number of hydrogen-bond acceptors (Lipinski definition) is 3. The van der Waals surface area contributed by atoms with Gasteiger partial charge in [0.1, 0.15) is 0 Å². The molecular weight excluding hydrogens is 314 g/mol. The van der Waals surface area contributed by atoms with Crippen LogP contribution in [0.2, 0.25) is 0 Å². The zero-order valence-corrected chi connectivity index (χ0v) is 15.1. The lowest BCUT2D eigenvalue weighted by atomic mass is 9.84. The van der Waals surface area contributed by atoms with E-state index in [0.717, 1.165) is 37.0 Å². The van der Waals surface area contributed by atoms with Crippen LogP contribution in [-0.2, 0) is 11.2 Å². The van der Waals surface area contributed by atoms with E-state index in [1.807, 2.05) is 36.1 Å². The molecule has 1 aromatic carbocycles. The van der Waals surface area contributed by atoms with Crippen LogP contribution < -0.4 is 5.56 Å². The number of aryl methyl sites for hydroxylation is 1. The van der Waals surface area contributed by atoms with Crippen molar-refractivity contribution >= 4 is 16.7 Å². The summed E-state index contributed by atoms with van der Waals surface area (Å²) in [5.74, 6) is 0.220. The van der Waals surface area contributed by atoms with Gasteiger partial charge in [0.15, 0.2) is 0 Å². The molecule has 3 rings (SSSR count). The number of nitrogens with zero attached hydrogens (tertiary/aromatic N) is 2. The van der Waals surface area contributed by atoms with E-state index in [1.165, 1.54) is 6.42 Å². The van der Waals surface area contributed by atoms with Crippen molar-refractivity contribution in [1.82, 2.24) is 15.1 Å². The highest BCUT2D eigenvalue weighted by Gasteiger charge is 2.27. The molecule has 0 saturated carbocycles.